The second-order valence-electron chi connectivity index (χ2n) is 6.48. The van der Waals surface area contributed by atoms with Gasteiger partial charge in [-0.05, 0) is 29.6 Å². The van der Waals surface area contributed by atoms with E-state index in [4.69, 9.17) is 4.74 Å². The van der Waals surface area contributed by atoms with Crippen molar-refractivity contribution in [3.05, 3.63) is 92.7 Å². The molecule has 0 saturated carbocycles. The van der Waals surface area contributed by atoms with E-state index in [2.05, 4.69) is 9.97 Å². The molecule has 0 aliphatic heterocycles. The van der Waals surface area contributed by atoms with Gasteiger partial charge in [0.05, 0.1) is 36.0 Å². The molecule has 0 atom stereocenters. The summed E-state index contributed by atoms with van der Waals surface area (Å²) in [5, 5.41) is 2.39. The van der Waals surface area contributed by atoms with Crippen LogP contribution in [-0.4, -0.2) is 27.9 Å². The lowest BCUT2D eigenvalue weighted by molar-refractivity contribution is 0.0729. The maximum absolute atomic E-state index is 13.1. The highest BCUT2D eigenvalue weighted by atomic mass is 32.1. The Morgan fingerprint density at radius 2 is 1.86 bits per heavy atom. The van der Waals surface area contributed by atoms with Gasteiger partial charge < -0.3 is 14.6 Å². The second kappa shape index (κ2) is 8.28. The number of carbonyl (C=O) groups is 1. The monoisotopic (exact) mass is 405 g/mol. The van der Waals surface area contributed by atoms with Crippen molar-refractivity contribution in [3.8, 4) is 5.75 Å². The number of benzene rings is 2. The van der Waals surface area contributed by atoms with Crippen molar-refractivity contribution in [1.29, 1.82) is 0 Å². The van der Waals surface area contributed by atoms with Gasteiger partial charge in [-0.3, -0.25) is 9.59 Å². The molecule has 146 valence electrons. The van der Waals surface area contributed by atoms with Gasteiger partial charge in [-0.15, -0.1) is 11.3 Å². The summed E-state index contributed by atoms with van der Waals surface area (Å²) in [4.78, 5) is 35.2. The summed E-state index contributed by atoms with van der Waals surface area (Å²) in [6.45, 7) is 0.506. The minimum absolute atomic E-state index is 0.123. The number of thiophene rings is 1. The van der Waals surface area contributed by atoms with E-state index in [1.807, 2.05) is 41.8 Å². The quantitative estimate of drug-likeness (QED) is 0.529. The van der Waals surface area contributed by atoms with Crippen LogP contribution in [0.4, 0.5) is 0 Å². The summed E-state index contributed by atoms with van der Waals surface area (Å²) in [6.07, 6.45) is 0. The van der Waals surface area contributed by atoms with Gasteiger partial charge in [0.25, 0.3) is 11.5 Å². The number of para-hydroxylation sites is 2. The first-order valence-electron chi connectivity index (χ1n) is 9.08. The van der Waals surface area contributed by atoms with Gasteiger partial charge in [-0.2, -0.15) is 0 Å². The molecule has 0 aliphatic rings. The fraction of sp³-hybridized carbons (Fsp3) is 0.136. The molecule has 6 nitrogen and oxygen atoms in total. The fourth-order valence-corrected chi connectivity index (χ4v) is 3.88. The van der Waals surface area contributed by atoms with Gasteiger partial charge in [-0.25, -0.2) is 4.98 Å². The molecular formula is C22H19N3O3S. The molecule has 4 aromatic rings. The molecule has 2 aromatic carbocycles. The molecule has 4 rings (SSSR count). The van der Waals surface area contributed by atoms with Crippen LogP contribution in [0.3, 0.4) is 0 Å². The first kappa shape index (κ1) is 18.9. The number of carbonyl (C=O) groups excluding carboxylic acids is 1. The van der Waals surface area contributed by atoms with Gasteiger partial charge in [-0.1, -0.05) is 36.4 Å². The van der Waals surface area contributed by atoms with Gasteiger partial charge >= 0.3 is 0 Å². The number of hydrogen-bond donors (Lipinski definition) is 1. The van der Waals surface area contributed by atoms with E-state index in [-0.39, 0.29) is 18.0 Å². The van der Waals surface area contributed by atoms with Crippen LogP contribution in [0.2, 0.25) is 0 Å². The molecule has 0 fully saturated rings. The summed E-state index contributed by atoms with van der Waals surface area (Å²) >= 11 is 1.38. The summed E-state index contributed by atoms with van der Waals surface area (Å²) in [7, 11) is 1.60. The number of amides is 1. The molecule has 7 heteroatoms. The summed E-state index contributed by atoms with van der Waals surface area (Å²) < 4.78 is 5.43. The van der Waals surface area contributed by atoms with E-state index in [0.717, 1.165) is 5.56 Å². The van der Waals surface area contributed by atoms with Crippen molar-refractivity contribution in [1.82, 2.24) is 14.9 Å². The van der Waals surface area contributed by atoms with Crippen LogP contribution in [0.15, 0.2) is 70.8 Å². The van der Waals surface area contributed by atoms with Gasteiger partial charge in [0.1, 0.15) is 11.6 Å². The summed E-state index contributed by atoms with van der Waals surface area (Å²) in [6, 6.07) is 18.4. The Labute approximate surface area is 171 Å². The number of aromatic amines is 1. The summed E-state index contributed by atoms with van der Waals surface area (Å²) in [5.74, 6) is 1.02. The van der Waals surface area contributed by atoms with E-state index in [1.54, 1.807) is 36.3 Å². The van der Waals surface area contributed by atoms with Gasteiger partial charge in [0, 0.05) is 5.56 Å². The normalized spacial score (nSPS) is 10.8. The predicted octanol–water partition coefficient (Wildman–Crippen LogP) is 3.84. The lowest BCUT2D eigenvalue weighted by atomic mass is 10.1. The van der Waals surface area contributed by atoms with Crippen LogP contribution in [-0.2, 0) is 13.1 Å². The maximum Gasteiger partial charge on any atom is 0.264 e. The highest BCUT2D eigenvalue weighted by Crippen LogP contribution is 2.22. The van der Waals surface area contributed by atoms with Crippen LogP contribution in [0.1, 0.15) is 21.1 Å². The number of ether oxygens (including phenoxy) is 1. The molecule has 0 saturated heterocycles. The average molecular weight is 405 g/mol. The highest BCUT2D eigenvalue weighted by molar-refractivity contribution is 7.12. The second-order valence-corrected chi connectivity index (χ2v) is 7.43. The number of rotatable bonds is 6. The van der Waals surface area contributed by atoms with Gasteiger partial charge in [0.2, 0.25) is 0 Å². The Morgan fingerprint density at radius 1 is 1.07 bits per heavy atom. The zero-order valence-electron chi connectivity index (χ0n) is 15.8. The van der Waals surface area contributed by atoms with Crippen molar-refractivity contribution in [2.24, 2.45) is 0 Å². The Hall–Kier alpha value is -3.45. The molecule has 2 heterocycles. The summed E-state index contributed by atoms with van der Waals surface area (Å²) in [5.41, 5.74) is 1.27. The van der Waals surface area contributed by atoms with Crippen molar-refractivity contribution in [3.63, 3.8) is 0 Å². The number of fused-ring (bicyclic) bond motifs is 1. The molecule has 0 unspecified atom stereocenters. The number of H-pyrrole nitrogens is 1. The van der Waals surface area contributed by atoms with Gasteiger partial charge in [0.15, 0.2) is 0 Å². The first-order chi connectivity index (χ1) is 14.2. The van der Waals surface area contributed by atoms with E-state index in [9.17, 15) is 9.59 Å². The van der Waals surface area contributed by atoms with E-state index in [1.165, 1.54) is 11.3 Å². The molecule has 1 N–H and O–H groups in total. The molecule has 0 spiro atoms. The Morgan fingerprint density at radius 3 is 2.66 bits per heavy atom. The van der Waals surface area contributed by atoms with Crippen molar-refractivity contribution >= 4 is 28.1 Å². The Kier molecular flexibility index (Phi) is 5.39. The zero-order chi connectivity index (χ0) is 20.2. The smallest absolute Gasteiger partial charge is 0.264 e. The third kappa shape index (κ3) is 4.05. The molecule has 0 bridgehead atoms. The van der Waals surface area contributed by atoms with Crippen LogP contribution in [0, 0.1) is 0 Å². The SMILES string of the molecule is COc1ccccc1CN(Cc1nc2ccccc2c(=O)[nH]1)C(=O)c1cccs1. The van der Waals surface area contributed by atoms with Crippen molar-refractivity contribution in [2.75, 3.05) is 7.11 Å². The van der Waals surface area contributed by atoms with Crippen LogP contribution in [0.25, 0.3) is 10.9 Å². The number of methoxy groups -OCH3 is 1. The first-order valence-corrected chi connectivity index (χ1v) is 9.96. The Balaban J connectivity index is 1.70. The minimum Gasteiger partial charge on any atom is -0.496 e. The molecule has 0 aliphatic carbocycles. The maximum atomic E-state index is 13.1. The van der Waals surface area contributed by atoms with Crippen LogP contribution < -0.4 is 10.3 Å². The van der Waals surface area contributed by atoms with Crippen molar-refractivity contribution < 1.29 is 9.53 Å². The number of hydrogen-bond acceptors (Lipinski definition) is 5. The fourth-order valence-electron chi connectivity index (χ4n) is 3.19. The molecule has 29 heavy (non-hydrogen) atoms. The lowest BCUT2D eigenvalue weighted by Gasteiger charge is -2.23. The van der Waals surface area contributed by atoms with E-state index < -0.39 is 0 Å². The highest BCUT2D eigenvalue weighted by Gasteiger charge is 2.20. The predicted molar refractivity (Wildman–Crippen MR) is 113 cm³/mol. The van der Waals surface area contributed by atoms with E-state index in [0.29, 0.717) is 33.9 Å². The van der Waals surface area contributed by atoms with Crippen LogP contribution in [0.5, 0.6) is 5.75 Å². The molecular weight excluding hydrogens is 386 g/mol. The van der Waals surface area contributed by atoms with E-state index >= 15 is 0 Å². The topological polar surface area (TPSA) is 75.3 Å². The van der Waals surface area contributed by atoms with Crippen LogP contribution >= 0.6 is 11.3 Å². The lowest BCUT2D eigenvalue weighted by Crippen LogP contribution is -2.31. The molecule has 2 aromatic heterocycles. The number of nitrogens with one attached hydrogen (secondary N) is 1. The third-order valence-electron chi connectivity index (χ3n) is 4.58. The number of nitrogens with zero attached hydrogens (tertiary/aromatic N) is 2. The molecule has 0 radical (unpaired) electrons. The standard InChI is InChI=1S/C22H19N3O3S/c1-28-18-10-5-2-7-15(18)13-25(22(27)19-11-6-12-29-19)14-20-23-17-9-4-3-8-16(17)21(26)24-20/h2-12H,13-14H2,1H3,(H,23,24,26). The average Bonchev–Trinajstić information content (AvgIpc) is 3.28. The molecule has 1 amide bonds. The third-order valence-corrected chi connectivity index (χ3v) is 5.43. The van der Waals surface area contributed by atoms with Crippen molar-refractivity contribution in [2.45, 2.75) is 13.1 Å². The minimum atomic E-state index is -0.216. The largest absolute Gasteiger partial charge is 0.496 e. The zero-order valence-corrected chi connectivity index (χ0v) is 16.6. The Bertz CT molecular complexity index is 1200. The number of aromatic nitrogens is 2.